The zero-order valence-corrected chi connectivity index (χ0v) is 22.4. The molecule has 1 aliphatic heterocycles. The quantitative estimate of drug-likeness (QED) is 0.154. The van der Waals surface area contributed by atoms with Gasteiger partial charge in [-0.15, -0.1) is 0 Å². The van der Waals surface area contributed by atoms with Crippen molar-refractivity contribution in [2.45, 2.75) is 30.8 Å². The van der Waals surface area contributed by atoms with Gasteiger partial charge < -0.3 is 18.9 Å². The molecule has 1 amide bonds. The molecule has 4 aromatic rings. The Labute approximate surface area is 233 Å². The number of piperidine rings is 1. The van der Waals surface area contributed by atoms with Crippen LogP contribution in [0.3, 0.4) is 0 Å². The summed E-state index contributed by atoms with van der Waals surface area (Å²) in [5, 5.41) is 12.4. The molecule has 1 saturated heterocycles. The fraction of sp³-hybridized carbons (Fsp3) is 0.233. The van der Waals surface area contributed by atoms with Crippen molar-refractivity contribution < 1.29 is 28.0 Å². The third-order valence-electron chi connectivity index (χ3n) is 6.99. The number of likely N-dealkylation sites (tertiary alicyclic amines) is 1. The number of nitrogens with zero attached hydrogens (tertiary/aromatic N) is 2. The van der Waals surface area contributed by atoms with Gasteiger partial charge in [-0.2, -0.15) is 0 Å². The van der Waals surface area contributed by atoms with Gasteiger partial charge >= 0.3 is 6.09 Å². The topological polar surface area (TPSA) is 119 Å². The second kappa shape index (κ2) is 12.3. The number of nitro groups is 1. The molecule has 0 spiro atoms. The summed E-state index contributed by atoms with van der Waals surface area (Å²) in [6, 6.07) is 26.5. The van der Waals surface area contributed by atoms with Gasteiger partial charge in [0.1, 0.15) is 23.7 Å². The minimum absolute atomic E-state index is 0.0987. The van der Waals surface area contributed by atoms with Crippen molar-refractivity contribution in [1.82, 2.24) is 4.90 Å². The van der Waals surface area contributed by atoms with E-state index >= 15 is 0 Å². The molecular formula is C30H28N2O7S. The molecule has 9 nitrogen and oxygen atoms in total. The minimum atomic E-state index is -2.45. The highest BCUT2D eigenvalue weighted by Gasteiger charge is 2.31. The van der Waals surface area contributed by atoms with Crippen LogP contribution in [0.25, 0.3) is 10.8 Å². The van der Waals surface area contributed by atoms with Gasteiger partial charge in [-0.3, -0.25) is 10.1 Å². The molecule has 1 N–H and O–H groups in total. The molecule has 2 unspecified atom stereocenters. The summed E-state index contributed by atoms with van der Waals surface area (Å²) in [4.78, 5) is 25.5. The Balaban J connectivity index is 1.32. The van der Waals surface area contributed by atoms with Crippen molar-refractivity contribution in [3.8, 4) is 5.75 Å². The molecule has 1 fully saturated rings. The highest BCUT2D eigenvalue weighted by atomic mass is 32.2. The summed E-state index contributed by atoms with van der Waals surface area (Å²) >= 11 is -2.45. The van der Waals surface area contributed by atoms with Gasteiger partial charge in [-0.1, -0.05) is 72.8 Å². The Bertz CT molecular complexity index is 1530. The Kier molecular flexibility index (Phi) is 8.37. The van der Waals surface area contributed by atoms with Gasteiger partial charge in [-0.25, -0.2) is 9.00 Å². The Hall–Kier alpha value is -4.28. The fourth-order valence-electron chi connectivity index (χ4n) is 5.01. The average Bonchev–Trinajstić information content (AvgIpc) is 2.97. The van der Waals surface area contributed by atoms with Crippen LogP contribution >= 0.6 is 0 Å². The lowest BCUT2D eigenvalue weighted by Crippen LogP contribution is -2.42. The van der Waals surface area contributed by atoms with Crippen LogP contribution in [0.1, 0.15) is 34.8 Å². The van der Waals surface area contributed by atoms with Crippen molar-refractivity contribution in [3.63, 3.8) is 0 Å². The number of rotatable bonds is 8. The van der Waals surface area contributed by atoms with Crippen LogP contribution in [0, 0.1) is 10.1 Å². The molecule has 0 radical (unpaired) electrons. The molecule has 0 saturated carbocycles. The molecule has 4 aromatic carbocycles. The van der Waals surface area contributed by atoms with Gasteiger partial charge in [0, 0.05) is 32.0 Å². The molecule has 40 heavy (non-hydrogen) atoms. The molecule has 10 heteroatoms. The highest BCUT2D eigenvalue weighted by molar-refractivity contribution is 7.79. The lowest BCUT2D eigenvalue weighted by molar-refractivity contribution is -0.385. The van der Waals surface area contributed by atoms with E-state index < -0.39 is 21.3 Å². The van der Waals surface area contributed by atoms with Crippen molar-refractivity contribution in [2.24, 2.45) is 0 Å². The van der Waals surface area contributed by atoms with E-state index in [0.717, 1.165) is 16.3 Å². The SMILES string of the molecule is O=C(OCc1ccccc1)N1CCC(Oc2ccc([N+](=O)[O-])c(C(c3cccc4ccccc34)S(=O)O)c2)CC1. The molecule has 1 heterocycles. The first-order valence-electron chi connectivity index (χ1n) is 12.9. The van der Waals surface area contributed by atoms with E-state index in [1.165, 1.54) is 18.2 Å². The number of carbonyl (C=O) groups excluding carboxylic acids is 1. The average molecular weight is 561 g/mol. The summed E-state index contributed by atoms with van der Waals surface area (Å²) in [7, 11) is 0. The Morgan fingerprint density at radius 2 is 1.68 bits per heavy atom. The van der Waals surface area contributed by atoms with E-state index in [9.17, 15) is 23.7 Å². The zero-order valence-electron chi connectivity index (χ0n) is 21.5. The molecule has 206 valence electrons. The minimum Gasteiger partial charge on any atom is -0.490 e. The number of hydrogen-bond acceptors (Lipinski definition) is 6. The first kappa shape index (κ1) is 27.3. The van der Waals surface area contributed by atoms with Gasteiger partial charge in [0.15, 0.2) is 11.1 Å². The predicted octanol–water partition coefficient (Wildman–Crippen LogP) is 6.24. The van der Waals surface area contributed by atoms with Crippen LogP contribution in [0.5, 0.6) is 5.75 Å². The lowest BCUT2D eigenvalue weighted by atomic mass is 9.96. The van der Waals surface area contributed by atoms with Crippen LogP contribution < -0.4 is 4.74 Å². The van der Waals surface area contributed by atoms with E-state index in [2.05, 4.69) is 0 Å². The van der Waals surface area contributed by atoms with E-state index in [-0.39, 0.29) is 30.1 Å². The number of amides is 1. The number of hydrogen-bond donors (Lipinski definition) is 1. The van der Waals surface area contributed by atoms with Crippen molar-refractivity contribution >= 4 is 33.6 Å². The third kappa shape index (κ3) is 6.13. The first-order valence-corrected chi connectivity index (χ1v) is 14.1. The van der Waals surface area contributed by atoms with Gasteiger partial charge in [-0.05, 0) is 34.0 Å². The molecule has 1 aliphatic rings. The van der Waals surface area contributed by atoms with Gasteiger partial charge in [0.2, 0.25) is 0 Å². The number of fused-ring (bicyclic) bond motifs is 1. The Morgan fingerprint density at radius 1 is 0.975 bits per heavy atom. The van der Waals surface area contributed by atoms with Gasteiger partial charge in [0.25, 0.3) is 5.69 Å². The van der Waals surface area contributed by atoms with Crippen LogP contribution in [0.2, 0.25) is 0 Å². The predicted molar refractivity (Wildman–Crippen MR) is 152 cm³/mol. The van der Waals surface area contributed by atoms with Crippen LogP contribution in [-0.2, 0) is 22.4 Å². The molecule has 0 aliphatic carbocycles. The second-order valence-corrected chi connectivity index (χ2v) is 10.6. The first-order chi connectivity index (χ1) is 19.4. The van der Waals surface area contributed by atoms with Crippen molar-refractivity contribution in [2.75, 3.05) is 13.1 Å². The summed E-state index contributed by atoms with van der Waals surface area (Å²) in [6.45, 7) is 1.08. The summed E-state index contributed by atoms with van der Waals surface area (Å²) in [5.41, 5.74) is 1.26. The van der Waals surface area contributed by atoms with Crippen molar-refractivity contribution in [1.29, 1.82) is 0 Å². The maximum atomic E-state index is 12.7. The second-order valence-electron chi connectivity index (χ2n) is 9.55. The molecule has 5 rings (SSSR count). The smallest absolute Gasteiger partial charge is 0.410 e. The normalized spacial score (nSPS) is 15.4. The number of ether oxygens (including phenoxy) is 2. The van der Waals surface area contributed by atoms with Crippen LogP contribution in [0.4, 0.5) is 10.5 Å². The molecule has 0 bridgehead atoms. The number of carbonyl (C=O) groups is 1. The standard InChI is InChI=1S/C30H28N2O7S/c33-30(38-20-21-7-2-1-3-8-21)31-17-15-23(16-18-31)39-24-13-14-28(32(34)35)27(19-24)29(40(36)37)26-12-6-10-22-9-4-5-11-25(22)26/h1-14,19,23,29H,15-18,20H2,(H,36,37). The largest absolute Gasteiger partial charge is 0.490 e. The summed E-state index contributed by atoms with van der Waals surface area (Å²) in [5.74, 6) is 0.362. The highest BCUT2D eigenvalue weighted by Crippen LogP contribution is 2.39. The maximum Gasteiger partial charge on any atom is 0.410 e. The van der Waals surface area contributed by atoms with E-state index in [4.69, 9.17) is 9.47 Å². The molecule has 2 atom stereocenters. The van der Waals surface area contributed by atoms with Crippen LogP contribution in [-0.4, -0.2) is 43.9 Å². The number of benzene rings is 4. The van der Waals surface area contributed by atoms with E-state index in [0.29, 0.717) is 37.2 Å². The lowest BCUT2D eigenvalue weighted by Gasteiger charge is -2.31. The maximum absolute atomic E-state index is 12.7. The fourth-order valence-corrected chi connectivity index (χ4v) is 5.83. The van der Waals surface area contributed by atoms with Crippen LogP contribution in [0.15, 0.2) is 91.0 Å². The van der Waals surface area contributed by atoms with Crippen molar-refractivity contribution in [3.05, 3.63) is 118 Å². The molecular weight excluding hydrogens is 532 g/mol. The third-order valence-corrected chi connectivity index (χ3v) is 7.90. The summed E-state index contributed by atoms with van der Waals surface area (Å²) in [6.07, 6.45) is 0.475. The van der Waals surface area contributed by atoms with Gasteiger partial charge in [0.05, 0.1) is 10.5 Å². The molecule has 0 aromatic heterocycles. The van der Waals surface area contributed by atoms with E-state index in [1.54, 1.807) is 17.0 Å². The Morgan fingerprint density at radius 3 is 2.40 bits per heavy atom. The number of nitro benzene ring substituents is 1. The van der Waals surface area contributed by atoms with E-state index in [1.807, 2.05) is 60.7 Å². The summed E-state index contributed by atoms with van der Waals surface area (Å²) < 4.78 is 34.6. The monoisotopic (exact) mass is 560 g/mol. The zero-order chi connectivity index (χ0) is 28.1.